The molecular weight excluding hydrogens is 348 g/mol. The van der Waals surface area contributed by atoms with Crippen LogP contribution in [-0.4, -0.2) is 37.2 Å². The molecule has 0 bridgehead atoms. The van der Waals surface area contributed by atoms with Crippen LogP contribution in [0.5, 0.6) is 0 Å². The van der Waals surface area contributed by atoms with Gasteiger partial charge in [0.1, 0.15) is 0 Å². The quantitative estimate of drug-likeness (QED) is 0.557. The first-order valence-corrected chi connectivity index (χ1v) is 9.89. The van der Waals surface area contributed by atoms with Crippen LogP contribution in [0.25, 0.3) is 0 Å². The van der Waals surface area contributed by atoms with Gasteiger partial charge in [-0.15, -0.1) is 0 Å². The molecule has 4 heteroatoms. The van der Waals surface area contributed by atoms with Crippen LogP contribution in [0.2, 0.25) is 0 Å². The van der Waals surface area contributed by atoms with Crippen molar-refractivity contribution in [3.8, 4) is 0 Å². The lowest BCUT2D eigenvalue weighted by molar-refractivity contribution is -0.121. The van der Waals surface area contributed by atoms with Crippen molar-refractivity contribution in [2.24, 2.45) is 11.8 Å². The summed E-state index contributed by atoms with van der Waals surface area (Å²) in [6.07, 6.45) is 7.32. The largest absolute Gasteiger partial charge is 0.322 e. The number of allylic oxidation sites excluding steroid dienone is 4. The minimum Gasteiger partial charge on any atom is -0.322 e. The van der Waals surface area contributed by atoms with Crippen molar-refractivity contribution in [2.45, 2.75) is 33.6 Å². The third kappa shape index (κ3) is 5.29. The lowest BCUT2D eigenvalue weighted by Gasteiger charge is -2.26. The Balaban J connectivity index is 2.13. The van der Waals surface area contributed by atoms with Gasteiger partial charge < -0.3 is 10.2 Å². The van der Waals surface area contributed by atoms with Gasteiger partial charge in [-0.2, -0.15) is 0 Å². The molecule has 1 aliphatic rings. The Morgan fingerprint density at radius 1 is 1.18 bits per heavy atom. The molecule has 150 valence electrons. The molecule has 2 atom stereocenters. The fraction of sp³-hybridized carbons (Fsp3) is 0.417. The maximum absolute atomic E-state index is 13.1. The maximum Gasteiger partial charge on any atom is 0.259 e. The highest BCUT2D eigenvalue weighted by Gasteiger charge is 2.31. The van der Waals surface area contributed by atoms with Crippen molar-refractivity contribution in [3.05, 3.63) is 65.3 Å². The van der Waals surface area contributed by atoms with Crippen LogP contribution in [0.1, 0.15) is 39.2 Å². The zero-order valence-corrected chi connectivity index (χ0v) is 17.8. The maximum atomic E-state index is 13.1. The minimum absolute atomic E-state index is 0.141. The topological polar surface area (TPSA) is 49.4 Å². The summed E-state index contributed by atoms with van der Waals surface area (Å²) in [6, 6.07) is 7.76. The molecule has 28 heavy (non-hydrogen) atoms. The average Bonchev–Trinajstić information content (AvgIpc) is 2.63. The molecule has 1 amide bonds. The van der Waals surface area contributed by atoms with E-state index in [4.69, 9.17) is 0 Å². The van der Waals surface area contributed by atoms with Crippen molar-refractivity contribution in [1.82, 2.24) is 4.90 Å². The average molecular weight is 381 g/mol. The van der Waals surface area contributed by atoms with Crippen LogP contribution < -0.4 is 5.32 Å². The number of nitrogens with one attached hydrogen (secondary N) is 1. The first-order valence-electron chi connectivity index (χ1n) is 9.89. The molecule has 1 unspecified atom stereocenters. The van der Waals surface area contributed by atoms with Gasteiger partial charge in [0.15, 0.2) is 5.78 Å². The predicted molar refractivity (Wildman–Crippen MR) is 116 cm³/mol. The van der Waals surface area contributed by atoms with E-state index in [-0.39, 0.29) is 29.1 Å². The second kappa shape index (κ2) is 9.65. The summed E-state index contributed by atoms with van der Waals surface area (Å²) in [5.41, 5.74) is 3.16. The third-order valence-corrected chi connectivity index (χ3v) is 5.09. The van der Waals surface area contributed by atoms with E-state index in [9.17, 15) is 9.59 Å². The van der Waals surface area contributed by atoms with Gasteiger partial charge in [0.05, 0.1) is 11.5 Å². The highest BCUT2D eigenvalue weighted by Crippen LogP contribution is 2.28. The van der Waals surface area contributed by atoms with Crippen LogP contribution in [0.3, 0.4) is 0 Å². The fourth-order valence-corrected chi connectivity index (χ4v) is 3.62. The van der Waals surface area contributed by atoms with Crippen LogP contribution in [0, 0.1) is 11.8 Å². The molecule has 1 aliphatic carbocycles. The number of hydrogen-bond donors (Lipinski definition) is 1. The van der Waals surface area contributed by atoms with E-state index in [1.807, 2.05) is 63.5 Å². The minimum atomic E-state index is -0.381. The van der Waals surface area contributed by atoms with Crippen LogP contribution in [0.15, 0.2) is 59.7 Å². The van der Waals surface area contributed by atoms with Gasteiger partial charge in [0.25, 0.3) is 5.91 Å². The Labute approximate surface area is 169 Å². The first-order chi connectivity index (χ1) is 13.2. The Morgan fingerprint density at radius 2 is 1.82 bits per heavy atom. The smallest absolute Gasteiger partial charge is 0.259 e. The van der Waals surface area contributed by atoms with Gasteiger partial charge in [-0.1, -0.05) is 56.7 Å². The third-order valence-electron chi connectivity index (χ3n) is 5.09. The van der Waals surface area contributed by atoms with E-state index in [2.05, 4.69) is 31.0 Å². The molecule has 0 spiro atoms. The number of nitrogens with zero attached hydrogens (tertiary/aromatic N) is 1. The van der Waals surface area contributed by atoms with Gasteiger partial charge in [0, 0.05) is 12.2 Å². The Bertz CT molecular complexity index is 798. The summed E-state index contributed by atoms with van der Waals surface area (Å²) in [4.78, 5) is 27.9. The van der Waals surface area contributed by atoms with E-state index < -0.39 is 0 Å². The highest BCUT2D eigenvalue weighted by atomic mass is 16.2. The molecule has 1 aromatic rings. The summed E-state index contributed by atoms with van der Waals surface area (Å²) in [7, 11) is 4.04. The predicted octanol–water partition coefficient (Wildman–Crippen LogP) is 4.57. The molecule has 2 rings (SSSR count). The molecule has 0 saturated carbocycles. The molecule has 0 fully saturated rings. The second-order valence-electron chi connectivity index (χ2n) is 7.99. The number of carbonyl (C=O) groups excluding carboxylic acids is 2. The molecule has 0 aliphatic heterocycles. The fourth-order valence-electron chi connectivity index (χ4n) is 3.62. The number of benzene rings is 1. The van der Waals surface area contributed by atoms with Crippen molar-refractivity contribution < 1.29 is 9.59 Å². The number of rotatable bonds is 7. The first kappa shape index (κ1) is 21.8. The van der Waals surface area contributed by atoms with Crippen molar-refractivity contribution >= 4 is 17.4 Å². The van der Waals surface area contributed by atoms with E-state index in [0.29, 0.717) is 11.6 Å². The summed E-state index contributed by atoms with van der Waals surface area (Å²) >= 11 is 0. The Morgan fingerprint density at radius 3 is 2.36 bits per heavy atom. The monoisotopic (exact) mass is 380 g/mol. The number of anilines is 1. The highest BCUT2D eigenvalue weighted by molar-refractivity contribution is 6.25. The summed E-state index contributed by atoms with van der Waals surface area (Å²) in [6.45, 7) is 9.18. The van der Waals surface area contributed by atoms with E-state index in [0.717, 1.165) is 12.1 Å². The zero-order valence-electron chi connectivity index (χ0n) is 17.8. The molecule has 1 N–H and O–H groups in total. The van der Waals surface area contributed by atoms with Crippen LogP contribution >= 0.6 is 0 Å². The van der Waals surface area contributed by atoms with E-state index in [1.165, 1.54) is 5.56 Å². The molecule has 4 nitrogen and oxygen atoms in total. The summed E-state index contributed by atoms with van der Waals surface area (Å²) < 4.78 is 0. The molecule has 0 radical (unpaired) electrons. The van der Waals surface area contributed by atoms with Crippen LogP contribution in [0.4, 0.5) is 5.69 Å². The summed E-state index contributed by atoms with van der Waals surface area (Å²) in [5, 5.41) is 2.86. The molecule has 0 heterocycles. The summed E-state index contributed by atoms with van der Waals surface area (Å²) in [5.74, 6) is -0.217. The van der Waals surface area contributed by atoms with Crippen LogP contribution in [-0.2, 0) is 9.59 Å². The Hall–Kier alpha value is -2.46. The molecule has 1 aromatic carbocycles. The lowest BCUT2D eigenvalue weighted by Crippen LogP contribution is -2.31. The number of amides is 1. The van der Waals surface area contributed by atoms with E-state index >= 15 is 0 Å². The van der Waals surface area contributed by atoms with Gasteiger partial charge in [-0.25, -0.2) is 0 Å². The lowest BCUT2D eigenvalue weighted by atomic mass is 9.80. The van der Waals surface area contributed by atoms with E-state index in [1.54, 1.807) is 6.08 Å². The zero-order chi connectivity index (χ0) is 20.8. The van der Waals surface area contributed by atoms with Crippen molar-refractivity contribution in [2.75, 3.05) is 26.0 Å². The molecule has 0 saturated heterocycles. The van der Waals surface area contributed by atoms with Gasteiger partial charge >= 0.3 is 0 Å². The molecule has 0 aromatic heterocycles. The number of ketones is 1. The standard InChI is InChI=1S/C24H32N2O2/c1-7-20(17(4)15-26(5)6)21-9-8-10-22(23(21)27)24(28)25-19-13-11-18(12-14-19)16(2)3/h7-14,16-17,21H,15H2,1-6H3,(H,25,28)/b20-7-/t17-,21?/m1/s1. The van der Waals surface area contributed by atoms with Gasteiger partial charge in [-0.05, 0) is 56.6 Å². The number of hydrogen-bond acceptors (Lipinski definition) is 3. The van der Waals surface area contributed by atoms with Gasteiger partial charge in [-0.3, -0.25) is 9.59 Å². The normalized spacial score (nSPS) is 18.4. The van der Waals surface area contributed by atoms with Crippen molar-refractivity contribution in [1.29, 1.82) is 0 Å². The van der Waals surface area contributed by atoms with Crippen molar-refractivity contribution in [3.63, 3.8) is 0 Å². The number of Topliss-reactive ketones (excluding diaryl/α,β-unsaturated/α-hetero) is 1. The molecular formula is C24H32N2O2. The Kier molecular flexibility index (Phi) is 7.53. The SMILES string of the molecule is C/C=C(\C1C=CC=C(C(=O)Nc2ccc(C(C)C)cc2)C1=O)[C@H](C)CN(C)C. The number of carbonyl (C=O) groups is 2. The second-order valence-corrected chi connectivity index (χ2v) is 7.99. The van der Waals surface area contributed by atoms with Gasteiger partial charge in [0.2, 0.25) is 0 Å².